The molecule has 208 valence electrons. The summed E-state index contributed by atoms with van der Waals surface area (Å²) in [4.78, 5) is 0. The Morgan fingerprint density at radius 2 is 1.46 bits per heavy atom. The van der Waals surface area contributed by atoms with Crippen LogP contribution in [-0.2, 0) is 15.9 Å². The molecule has 3 atom stereocenters. The minimum absolute atomic E-state index is 0.202. The minimum Gasteiger partial charge on any atom is -0.378 e. The minimum atomic E-state index is -0.869. The van der Waals surface area contributed by atoms with Gasteiger partial charge in [-0.25, -0.2) is 13.2 Å². The van der Waals surface area contributed by atoms with Crippen molar-refractivity contribution in [2.24, 2.45) is 5.92 Å². The van der Waals surface area contributed by atoms with Crippen LogP contribution in [-0.4, -0.2) is 19.3 Å². The molecule has 3 aromatic rings. The maximum atomic E-state index is 15.0. The highest BCUT2D eigenvalue weighted by molar-refractivity contribution is 5.71. The van der Waals surface area contributed by atoms with E-state index in [0.717, 1.165) is 30.6 Å². The summed E-state index contributed by atoms with van der Waals surface area (Å²) in [6.45, 7) is 3.51. The van der Waals surface area contributed by atoms with Crippen LogP contribution in [0.1, 0.15) is 81.9 Å². The lowest BCUT2D eigenvalue weighted by Gasteiger charge is -2.29. The van der Waals surface area contributed by atoms with Crippen LogP contribution in [0.25, 0.3) is 22.3 Å². The van der Waals surface area contributed by atoms with E-state index in [9.17, 15) is 13.2 Å². The van der Waals surface area contributed by atoms with Crippen LogP contribution < -0.4 is 0 Å². The maximum absolute atomic E-state index is 15.0. The summed E-state index contributed by atoms with van der Waals surface area (Å²) in [6.07, 6.45) is 11.5. The van der Waals surface area contributed by atoms with E-state index in [1.807, 2.05) is 24.3 Å². The summed E-state index contributed by atoms with van der Waals surface area (Å²) in [6, 6.07) is 15.6. The zero-order valence-electron chi connectivity index (χ0n) is 22.9. The first-order valence-electron chi connectivity index (χ1n) is 14.6. The molecule has 2 aliphatic heterocycles. The van der Waals surface area contributed by atoms with Crippen molar-refractivity contribution in [1.29, 1.82) is 0 Å². The molecule has 0 bridgehead atoms. The van der Waals surface area contributed by atoms with Crippen molar-refractivity contribution in [2.45, 2.75) is 83.3 Å². The number of hydrogen-bond donors (Lipinski definition) is 0. The monoisotopic (exact) mass is 536 g/mol. The molecule has 0 amide bonds. The molecule has 0 saturated carbocycles. The Hall–Kier alpha value is -2.63. The molecule has 3 aromatic carbocycles. The highest BCUT2D eigenvalue weighted by atomic mass is 19.2. The Kier molecular flexibility index (Phi) is 9.41. The number of ether oxygens (including phenoxy) is 2. The summed E-state index contributed by atoms with van der Waals surface area (Å²) in [5.41, 5.74) is 3.32. The van der Waals surface area contributed by atoms with Gasteiger partial charge in [0.1, 0.15) is 11.9 Å². The summed E-state index contributed by atoms with van der Waals surface area (Å²) < 4.78 is 55.3. The van der Waals surface area contributed by atoms with E-state index < -0.39 is 11.6 Å². The summed E-state index contributed by atoms with van der Waals surface area (Å²) in [5.74, 6) is -1.26. The fourth-order valence-electron chi connectivity index (χ4n) is 5.70. The highest BCUT2D eigenvalue weighted by Gasteiger charge is 2.30. The number of aryl methyl sites for hydroxylation is 1. The third kappa shape index (κ3) is 7.12. The third-order valence-corrected chi connectivity index (χ3v) is 8.29. The molecule has 3 unspecified atom stereocenters. The Morgan fingerprint density at radius 3 is 2.15 bits per heavy atom. The second-order valence-electron chi connectivity index (χ2n) is 11.2. The smallest absolute Gasteiger partial charge is 0.167 e. The molecular weight excluding hydrogens is 497 g/mol. The number of epoxide rings is 1. The van der Waals surface area contributed by atoms with Crippen molar-refractivity contribution < 1.29 is 22.6 Å². The maximum Gasteiger partial charge on any atom is 0.167 e. The van der Waals surface area contributed by atoms with Gasteiger partial charge < -0.3 is 9.47 Å². The molecule has 2 aliphatic rings. The number of rotatable bonds is 12. The van der Waals surface area contributed by atoms with Crippen LogP contribution in [0.3, 0.4) is 0 Å². The number of halogens is 3. The van der Waals surface area contributed by atoms with Gasteiger partial charge in [-0.1, -0.05) is 87.6 Å². The van der Waals surface area contributed by atoms with Crippen molar-refractivity contribution in [3.63, 3.8) is 0 Å². The van der Waals surface area contributed by atoms with Crippen LogP contribution in [0.4, 0.5) is 13.2 Å². The van der Waals surface area contributed by atoms with Crippen molar-refractivity contribution >= 4 is 0 Å². The molecule has 0 radical (unpaired) electrons. The number of unbranched alkanes of at least 4 members (excludes halogenated alkanes) is 4. The summed E-state index contributed by atoms with van der Waals surface area (Å²) in [7, 11) is 0. The molecule has 5 heteroatoms. The van der Waals surface area contributed by atoms with Gasteiger partial charge in [0.05, 0.1) is 12.7 Å². The predicted molar refractivity (Wildman–Crippen MR) is 150 cm³/mol. The normalized spacial score (nSPS) is 20.8. The average Bonchev–Trinajstić information content (AvgIpc) is 3.80. The standard InChI is InChI=1S/C34H39F3O2/c1-2-3-4-5-6-7-23-8-16-28(38-21-23)17-15-26-13-14-27(20-31(26)35)24-9-11-25(12-10-24)29-18-19-30(32-22-39-32)34(37)33(29)36/h9-14,18-20,23,28,32H,2-8,15-17,21-22H2,1H3. The lowest BCUT2D eigenvalue weighted by molar-refractivity contribution is -0.0220. The van der Waals surface area contributed by atoms with E-state index in [1.165, 1.54) is 44.9 Å². The van der Waals surface area contributed by atoms with Crippen molar-refractivity contribution in [3.05, 3.63) is 83.2 Å². The molecule has 2 heterocycles. The summed E-state index contributed by atoms with van der Waals surface area (Å²) in [5, 5.41) is 0. The van der Waals surface area contributed by atoms with Crippen molar-refractivity contribution in [2.75, 3.05) is 13.2 Å². The third-order valence-electron chi connectivity index (χ3n) is 8.29. The Morgan fingerprint density at radius 1 is 0.718 bits per heavy atom. The average molecular weight is 537 g/mol. The van der Waals surface area contributed by atoms with Gasteiger partial charge in [0.15, 0.2) is 11.6 Å². The molecule has 0 aliphatic carbocycles. The second-order valence-corrected chi connectivity index (χ2v) is 11.2. The highest BCUT2D eigenvalue weighted by Crippen LogP contribution is 2.36. The van der Waals surface area contributed by atoms with Gasteiger partial charge >= 0.3 is 0 Å². The molecule has 0 N–H and O–H groups in total. The van der Waals surface area contributed by atoms with E-state index in [-0.39, 0.29) is 29.2 Å². The SMILES string of the molecule is CCCCCCCC1CCC(CCc2ccc(-c3ccc(-c4ccc(C5CO5)c(F)c4F)cc3)cc2F)OC1. The largest absolute Gasteiger partial charge is 0.378 e. The lowest BCUT2D eigenvalue weighted by atomic mass is 9.91. The quantitative estimate of drug-likeness (QED) is 0.170. The van der Waals surface area contributed by atoms with Gasteiger partial charge in [-0.15, -0.1) is 0 Å². The van der Waals surface area contributed by atoms with Crippen molar-refractivity contribution in [3.8, 4) is 22.3 Å². The van der Waals surface area contributed by atoms with Gasteiger partial charge in [-0.05, 0) is 66.3 Å². The number of hydrogen-bond acceptors (Lipinski definition) is 2. The molecule has 2 fully saturated rings. The Balaban J connectivity index is 1.13. The van der Waals surface area contributed by atoms with Crippen LogP contribution in [0.15, 0.2) is 54.6 Å². The van der Waals surface area contributed by atoms with E-state index in [1.54, 1.807) is 30.3 Å². The van der Waals surface area contributed by atoms with Crippen LogP contribution in [0.5, 0.6) is 0 Å². The first-order chi connectivity index (χ1) is 19.0. The van der Waals surface area contributed by atoms with E-state index in [4.69, 9.17) is 9.47 Å². The summed E-state index contributed by atoms with van der Waals surface area (Å²) >= 11 is 0. The molecule has 0 aromatic heterocycles. The zero-order chi connectivity index (χ0) is 27.2. The second kappa shape index (κ2) is 13.1. The molecule has 39 heavy (non-hydrogen) atoms. The Labute approximate surface area is 230 Å². The Bertz CT molecular complexity index is 1230. The lowest BCUT2D eigenvalue weighted by Crippen LogP contribution is -2.26. The molecule has 5 rings (SSSR count). The van der Waals surface area contributed by atoms with Crippen LogP contribution >= 0.6 is 0 Å². The molecular formula is C34H39F3O2. The van der Waals surface area contributed by atoms with E-state index >= 15 is 0 Å². The van der Waals surface area contributed by atoms with Crippen LogP contribution in [0.2, 0.25) is 0 Å². The fraction of sp³-hybridized carbons (Fsp3) is 0.471. The zero-order valence-corrected chi connectivity index (χ0v) is 22.9. The predicted octanol–water partition coefficient (Wildman–Crippen LogP) is 9.60. The fourth-order valence-corrected chi connectivity index (χ4v) is 5.70. The first kappa shape index (κ1) is 27.9. The number of benzene rings is 3. The van der Waals surface area contributed by atoms with Gasteiger partial charge in [-0.3, -0.25) is 0 Å². The first-order valence-corrected chi connectivity index (χ1v) is 14.6. The molecule has 2 saturated heterocycles. The van der Waals surface area contributed by atoms with E-state index in [0.29, 0.717) is 30.1 Å². The van der Waals surface area contributed by atoms with Gasteiger partial charge in [-0.2, -0.15) is 0 Å². The molecule has 0 spiro atoms. The van der Waals surface area contributed by atoms with Gasteiger partial charge in [0.2, 0.25) is 0 Å². The topological polar surface area (TPSA) is 21.8 Å². The molecule has 2 nitrogen and oxygen atoms in total. The van der Waals surface area contributed by atoms with Crippen molar-refractivity contribution in [1.82, 2.24) is 0 Å². The van der Waals surface area contributed by atoms with Crippen LogP contribution in [0, 0.1) is 23.4 Å². The van der Waals surface area contributed by atoms with Gasteiger partial charge in [0.25, 0.3) is 0 Å². The van der Waals surface area contributed by atoms with E-state index in [2.05, 4.69) is 6.92 Å². The van der Waals surface area contributed by atoms with Gasteiger partial charge in [0, 0.05) is 17.7 Å².